The quantitative estimate of drug-likeness (QED) is 0.722. The maximum Gasteiger partial charge on any atom is 0.224 e. The van der Waals surface area contributed by atoms with Crippen LogP contribution in [-0.2, 0) is 9.53 Å². The van der Waals surface area contributed by atoms with Gasteiger partial charge in [0.15, 0.2) is 0 Å². The second-order valence-corrected chi connectivity index (χ2v) is 4.86. The molecular formula is C12H22N2O2. The van der Waals surface area contributed by atoms with Crippen LogP contribution in [0.15, 0.2) is 0 Å². The molecule has 92 valence electrons. The predicted molar refractivity (Wildman–Crippen MR) is 62.2 cm³/mol. The fraction of sp³-hybridized carbons (Fsp3) is 0.917. The summed E-state index contributed by atoms with van der Waals surface area (Å²) in [6.45, 7) is 3.40. The van der Waals surface area contributed by atoms with E-state index in [4.69, 9.17) is 4.74 Å². The standard InChI is InChI=1S/C12H22N2O2/c1-13-6-4-12(15)14(11-2-3-11)8-10-5-7-16-9-10/h10-11,13H,2-9H2,1H3. The molecule has 0 aromatic heterocycles. The maximum atomic E-state index is 12.0. The molecule has 1 saturated carbocycles. The van der Waals surface area contributed by atoms with Crippen LogP contribution in [0, 0.1) is 5.92 Å². The highest BCUT2D eigenvalue weighted by molar-refractivity contribution is 5.77. The van der Waals surface area contributed by atoms with Crippen molar-refractivity contribution in [3.05, 3.63) is 0 Å². The summed E-state index contributed by atoms with van der Waals surface area (Å²) in [7, 11) is 1.89. The first-order valence-electron chi connectivity index (χ1n) is 6.33. The Morgan fingerprint density at radius 1 is 1.44 bits per heavy atom. The van der Waals surface area contributed by atoms with Gasteiger partial charge in [-0.15, -0.1) is 0 Å². The molecule has 4 nitrogen and oxygen atoms in total. The van der Waals surface area contributed by atoms with E-state index in [1.54, 1.807) is 0 Å². The molecule has 1 heterocycles. The van der Waals surface area contributed by atoms with Crippen LogP contribution in [0.3, 0.4) is 0 Å². The second kappa shape index (κ2) is 5.64. The van der Waals surface area contributed by atoms with Gasteiger partial charge < -0.3 is 15.0 Å². The van der Waals surface area contributed by atoms with E-state index in [-0.39, 0.29) is 0 Å². The van der Waals surface area contributed by atoms with Crippen LogP contribution in [-0.4, -0.2) is 50.2 Å². The molecule has 0 aromatic carbocycles. The first-order valence-corrected chi connectivity index (χ1v) is 6.33. The highest BCUT2D eigenvalue weighted by atomic mass is 16.5. The number of carbonyl (C=O) groups excluding carboxylic acids is 1. The number of nitrogens with zero attached hydrogens (tertiary/aromatic N) is 1. The number of nitrogens with one attached hydrogen (secondary N) is 1. The lowest BCUT2D eigenvalue weighted by atomic mass is 10.1. The fourth-order valence-electron chi connectivity index (χ4n) is 2.22. The molecule has 1 unspecified atom stereocenters. The summed E-state index contributed by atoms with van der Waals surface area (Å²) < 4.78 is 5.37. The molecule has 0 spiro atoms. The molecular weight excluding hydrogens is 204 g/mol. The monoisotopic (exact) mass is 226 g/mol. The van der Waals surface area contributed by atoms with Gasteiger partial charge in [-0.2, -0.15) is 0 Å². The van der Waals surface area contributed by atoms with Crippen LogP contribution in [0.1, 0.15) is 25.7 Å². The van der Waals surface area contributed by atoms with Gasteiger partial charge in [-0.1, -0.05) is 0 Å². The van der Waals surface area contributed by atoms with Gasteiger partial charge in [-0.05, 0) is 26.3 Å². The molecule has 0 radical (unpaired) electrons. The van der Waals surface area contributed by atoms with Crippen molar-refractivity contribution in [2.45, 2.75) is 31.7 Å². The molecule has 1 amide bonds. The van der Waals surface area contributed by atoms with Gasteiger partial charge in [0.05, 0.1) is 6.61 Å². The van der Waals surface area contributed by atoms with Crippen molar-refractivity contribution in [2.75, 3.05) is 33.4 Å². The van der Waals surface area contributed by atoms with Crippen molar-refractivity contribution in [3.63, 3.8) is 0 Å². The van der Waals surface area contributed by atoms with Gasteiger partial charge in [0, 0.05) is 38.1 Å². The van der Waals surface area contributed by atoms with Crippen molar-refractivity contribution in [1.29, 1.82) is 0 Å². The van der Waals surface area contributed by atoms with Gasteiger partial charge in [0.2, 0.25) is 5.91 Å². The smallest absolute Gasteiger partial charge is 0.224 e. The van der Waals surface area contributed by atoms with E-state index in [2.05, 4.69) is 10.2 Å². The van der Waals surface area contributed by atoms with Crippen LogP contribution in [0.4, 0.5) is 0 Å². The van der Waals surface area contributed by atoms with Crippen molar-refractivity contribution >= 4 is 5.91 Å². The lowest BCUT2D eigenvalue weighted by Crippen LogP contribution is -2.38. The van der Waals surface area contributed by atoms with Crippen LogP contribution in [0.5, 0.6) is 0 Å². The lowest BCUT2D eigenvalue weighted by Gasteiger charge is -2.25. The van der Waals surface area contributed by atoms with Gasteiger partial charge in [-0.25, -0.2) is 0 Å². The molecule has 2 rings (SSSR count). The number of hydrogen-bond donors (Lipinski definition) is 1. The van der Waals surface area contributed by atoms with Crippen molar-refractivity contribution in [2.24, 2.45) is 5.92 Å². The number of carbonyl (C=O) groups is 1. The Bertz CT molecular complexity index is 235. The summed E-state index contributed by atoms with van der Waals surface area (Å²) in [5.74, 6) is 0.878. The second-order valence-electron chi connectivity index (χ2n) is 4.86. The molecule has 2 aliphatic rings. The number of amides is 1. The molecule has 1 aliphatic carbocycles. The van der Waals surface area contributed by atoms with Crippen LogP contribution >= 0.6 is 0 Å². The van der Waals surface area contributed by atoms with Crippen molar-refractivity contribution < 1.29 is 9.53 Å². The summed E-state index contributed by atoms with van der Waals surface area (Å²) >= 11 is 0. The first kappa shape index (κ1) is 11.9. The Hall–Kier alpha value is -0.610. The van der Waals surface area contributed by atoms with Gasteiger partial charge in [-0.3, -0.25) is 4.79 Å². The average Bonchev–Trinajstić information content (AvgIpc) is 3.00. The topological polar surface area (TPSA) is 41.6 Å². The van der Waals surface area contributed by atoms with Gasteiger partial charge >= 0.3 is 0 Å². The van der Waals surface area contributed by atoms with E-state index in [1.807, 2.05) is 7.05 Å². The average molecular weight is 226 g/mol. The van der Waals surface area contributed by atoms with E-state index in [1.165, 1.54) is 12.8 Å². The normalized spacial score (nSPS) is 24.7. The highest BCUT2D eigenvalue weighted by Crippen LogP contribution is 2.29. The zero-order chi connectivity index (χ0) is 11.4. The predicted octanol–water partition coefficient (Wildman–Crippen LogP) is 0.623. The molecule has 1 N–H and O–H groups in total. The third kappa shape index (κ3) is 3.19. The Balaban J connectivity index is 1.81. The Morgan fingerprint density at radius 3 is 2.81 bits per heavy atom. The number of ether oxygens (including phenoxy) is 1. The minimum atomic E-state index is 0.309. The summed E-state index contributed by atoms with van der Waals surface area (Å²) in [4.78, 5) is 14.1. The number of hydrogen-bond acceptors (Lipinski definition) is 3. The molecule has 1 aliphatic heterocycles. The molecule has 2 fully saturated rings. The maximum absolute atomic E-state index is 12.0. The Kier molecular flexibility index (Phi) is 4.18. The van der Waals surface area contributed by atoms with Crippen LogP contribution < -0.4 is 5.32 Å². The van der Waals surface area contributed by atoms with E-state index >= 15 is 0 Å². The van der Waals surface area contributed by atoms with Crippen molar-refractivity contribution in [1.82, 2.24) is 10.2 Å². The largest absolute Gasteiger partial charge is 0.381 e. The van der Waals surface area contributed by atoms with Crippen LogP contribution in [0.2, 0.25) is 0 Å². The van der Waals surface area contributed by atoms with Gasteiger partial charge in [0.1, 0.15) is 0 Å². The third-order valence-corrected chi connectivity index (χ3v) is 3.38. The summed E-state index contributed by atoms with van der Waals surface area (Å²) in [5, 5.41) is 3.03. The summed E-state index contributed by atoms with van der Waals surface area (Å²) in [5.41, 5.74) is 0. The summed E-state index contributed by atoms with van der Waals surface area (Å²) in [6.07, 6.45) is 4.13. The molecule has 0 bridgehead atoms. The van der Waals surface area contributed by atoms with Gasteiger partial charge in [0.25, 0.3) is 0 Å². The molecule has 1 saturated heterocycles. The third-order valence-electron chi connectivity index (χ3n) is 3.38. The minimum Gasteiger partial charge on any atom is -0.381 e. The first-order chi connectivity index (χ1) is 7.81. The molecule has 4 heteroatoms. The van der Waals surface area contributed by atoms with Crippen molar-refractivity contribution in [3.8, 4) is 0 Å². The van der Waals surface area contributed by atoms with E-state index in [0.29, 0.717) is 24.3 Å². The zero-order valence-corrected chi connectivity index (χ0v) is 10.1. The zero-order valence-electron chi connectivity index (χ0n) is 10.1. The minimum absolute atomic E-state index is 0.309. The molecule has 16 heavy (non-hydrogen) atoms. The van der Waals surface area contributed by atoms with E-state index in [0.717, 1.165) is 32.7 Å². The lowest BCUT2D eigenvalue weighted by molar-refractivity contribution is -0.132. The number of rotatable bonds is 6. The van der Waals surface area contributed by atoms with Crippen LogP contribution in [0.25, 0.3) is 0 Å². The SMILES string of the molecule is CNCCC(=O)N(CC1CCOC1)C1CC1. The summed E-state index contributed by atoms with van der Waals surface area (Å²) in [6, 6.07) is 0.532. The van der Waals surface area contributed by atoms with E-state index in [9.17, 15) is 4.79 Å². The Morgan fingerprint density at radius 2 is 2.25 bits per heavy atom. The molecule has 1 atom stereocenters. The Labute approximate surface area is 97.3 Å². The fourth-order valence-corrected chi connectivity index (χ4v) is 2.22. The molecule has 0 aromatic rings. The van der Waals surface area contributed by atoms with E-state index < -0.39 is 0 Å². The highest BCUT2D eigenvalue weighted by Gasteiger charge is 2.34.